The second kappa shape index (κ2) is 8.57. The van der Waals surface area contributed by atoms with E-state index < -0.39 is 49.5 Å². The van der Waals surface area contributed by atoms with E-state index in [4.69, 9.17) is 18.7 Å². The second-order valence-electron chi connectivity index (χ2n) is 7.94. The lowest BCUT2D eigenvalue weighted by atomic mass is 9.72. The van der Waals surface area contributed by atoms with E-state index in [2.05, 4.69) is 0 Å². The molecule has 7 atom stereocenters. The Morgan fingerprint density at radius 1 is 1.25 bits per heavy atom. The summed E-state index contributed by atoms with van der Waals surface area (Å²) < 4.78 is 34.2. The standard InChI is InChI=1S/C17H29O10P/c1-10-11(20)9-17(25-12(10)5-7-18)16(2,3)15(27-28(21,22)23)14(26-17)13(24-4)6-8-19/h7-8,10-15,20H,5-6,9H2,1-4H3,(H2,21,22,23)/t10-,11+,12-,13-,14+,15-,17-/m0/s1. The van der Waals surface area contributed by atoms with Gasteiger partial charge in [0.05, 0.1) is 18.3 Å². The number of aldehydes is 2. The summed E-state index contributed by atoms with van der Waals surface area (Å²) in [6.45, 7) is 5.03. The van der Waals surface area contributed by atoms with Crippen LogP contribution < -0.4 is 0 Å². The van der Waals surface area contributed by atoms with Gasteiger partial charge in [0.15, 0.2) is 5.79 Å². The molecule has 3 N–H and O–H groups in total. The highest BCUT2D eigenvalue weighted by Gasteiger charge is 2.67. The van der Waals surface area contributed by atoms with Crippen LogP contribution in [-0.2, 0) is 32.9 Å². The fourth-order valence-electron chi connectivity index (χ4n) is 4.09. The zero-order chi connectivity index (χ0) is 21.3. The summed E-state index contributed by atoms with van der Waals surface area (Å²) in [7, 11) is -3.58. The lowest BCUT2D eigenvalue weighted by molar-refractivity contribution is -0.333. The van der Waals surface area contributed by atoms with E-state index in [1.165, 1.54) is 7.11 Å². The van der Waals surface area contributed by atoms with Crippen molar-refractivity contribution in [1.29, 1.82) is 0 Å². The van der Waals surface area contributed by atoms with Crippen LogP contribution in [0.2, 0.25) is 0 Å². The van der Waals surface area contributed by atoms with Gasteiger partial charge in [0.1, 0.15) is 24.8 Å². The van der Waals surface area contributed by atoms with Gasteiger partial charge in [-0.25, -0.2) is 4.57 Å². The first kappa shape index (κ1) is 23.6. The second-order valence-corrected chi connectivity index (χ2v) is 9.13. The Balaban J connectivity index is 2.48. The summed E-state index contributed by atoms with van der Waals surface area (Å²) in [6.07, 6.45) is -3.39. The molecule has 1 spiro atoms. The Hall–Kier alpha value is -0.710. The van der Waals surface area contributed by atoms with Crippen LogP contribution in [0.4, 0.5) is 0 Å². The molecule has 0 amide bonds. The largest absolute Gasteiger partial charge is 0.469 e. The summed E-state index contributed by atoms with van der Waals surface area (Å²) in [5.74, 6) is -1.83. The number of methoxy groups -OCH3 is 1. The molecule has 0 aromatic carbocycles. The van der Waals surface area contributed by atoms with Crippen molar-refractivity contribution in [2.75, 3.05) is 7.11 Å². The van der Waals surface area contributed by atoms with Crippen LogP contribution in [0, 0.1) is 11.3 Å². The number of carbonyl (C=O) groups excluding carboxylic acids is 2. The number of rotatable bonds is 8. The molecule has 0 aromatic heterocycles. The number of hydrogen-bond donors (Lipinski definition) is 3. The highest BCUT2D eigenvalue weighted by Crippen LogP contribution is 2.58. The van der Waals surface area contributed by atoms with Gasteiger partial charge in [-0.1, -0.05) is 20.8 Å². The van der Waals surface area contributed by atoms with Crippen LogP contribution >= 0.6 is 7.82 Å². The summed E-state index contributed by atoms with van der Waals surface area (Å²) in [5, 5.41) is 10.6. The zero-order valence-electron chi connectivity index (χ0n) is 16.4. The molecule has 2 saturated heterocycles. The maximum Gasteiger partial charge on any atom is 0.469 e. The SMILES string of the molecule is CO[C@@H](CC=O)[C@H]1O[C@@]2(C[C@@H](O)[C@H](C)[C@H](CC=O)O2)C(C)(C)[C@H]1OP(=O)(O)O. The molecule has 0 unspecified atom stereocenters. The Morgan fingerprint density at radius 2 is 1.89 bits per heavy atom. The molecule has 0 aromatic rings. The van der Waals surface area contributed by atoms with E-state index in [-0.39, 0.29) is 25.2 Å². The number of aliphatic hydroxyl groups is 1. The van der Waals surface area contributed by atoms with Crippen LogP contribution in [0.25, 0.3) is 0 Å². The van der Waals surface area contributed by atoms with Gasteiger partial charge < -0.3 is 38.7 Å². The van der Waals surface area contributed by atoms with E-state index in [1.807, 2.05) is 0 Å². The van der Waals surface area contributed by atoms with Gasteiger partial charge in [-0.05, 0) is 0 Å². The third-order valence-corrected chi connectivity index (χ3v) is 6.41. The molecule has 0 bridgehead atoms. The number of carbonyl (C=O) groups is 2. The highest BCUT2D eigenvalue weighted by atomic mass is 31.2. The first-order chi connectivity index (χ1) is 12.9. The van der Waals surface area contributed by atoms with Crippen LogP contribution in [0.1, 0.15) is 40.0 Å². The summed E-state index contributed by atoms with van der Waals surface area (Å²) in [6, 6.07) is 0. The summed E-state index contributed by atoms with van der Waals surface area (Å²) in [4.78, 5) is 40.9. The number of phosphoric ester groups is 1. The molecule has 11 heteroatoms. The molecular weight excluding hydrogens is 395 g/mol. The summed E-state index contributed by atoms with van der Waals surface area (Å²) >= 11 is 0. The minimum Gasteiger partial charge on any atom is -0.393 e. The molecular formula is C17H29O10P. The molecule has 28 heavy (non-hydrogen) atoms. The monoisotopic (exact) mass is 424 g/mol. The molecule has 2 rings (SSSR count). The van der Waals surface area contributed by atoms with E-state index >= 15 is 0 Å². The quantitative estimate of drug-likeness (QED) is 0.373. The molecule has 0 aliphatic carbocycles. The van der Waals surface area contributed by atoms with Crippen molar-refractivity contribution in [2.24, 2.45) is 11.3 Å². The van der Waals surface area contributed by atoms with E-state index in [9.17, 15) is 29.0 Å². The van der Waals surface area contributed by atoms with Gasteiger partial charge in [-0.3, -0.25) is 4.52 Å². The number of ether oxygens (including phenoxy) is 3. The lowest BCUT2D eigenvalue weighted by Crippen LogP contribution is -2.58. The molecule has 0 radical (unpaired) electrons. The third kappa shape index (κ3) is 4.39. The van der Waals surface area contributed by atoms with Crippen molar-refractivity contribution in [2.45, 2.75) is 76.3 Å². The lowest BCUT2D eigenvalue weighted by Gasteiger charge is -2.49. The molecule has 2 heterocycles. The van der Waals surface area contributed by atoms with Gasteiger partial charge in [0.2, 0.25) is 0 Å². The fourth-order valence-corrected chi connectivity index (χ4v) is 4.77. The normalized spacial score (nSPS) is 39.0. The minimum absolute atomic E-state index is 0.00552. The van der Waals surface area contributed by atoms with Crippen molar-refractivity contribution in [3.63, 3.8) is 0 Å². The van der Waals surface area contributed by atoms with E-state index in [0.29, 0.717) is 12.6 Å². The topological polar surface area (TPSA) is 149 Å². The third-order valence-electron chi connectivity index (χ3n) is 5.91. The smallest absolute Gasteiger partial charge is 0.393 e. The number of aliphatic hydroxyl groups excluding tert-OH is 1. The molecule has 2 aliphatic heterocycles. The number of phosphoric acid groups is 1. The Labute approximate surface area is 163 Å². The van der Waals surface area contributed by atoms with Gasteiger partial charge in [-0.2, -0.15) is 0 Å². The molecule has 162 valence electrons. The predicted octanol–water partition coefficient (Wildman–Crippen LogP) is 0.564. The van der Waals surface area contributed by atoms with Crippen molar-refractivity contribution in [3.05, 3.63) is 0 Å². The van der Waals surface area contributed by atoms with Gasteiger partial charge in [0, 0.05) is 37.7 Å². The van der Waals surface area contributed by atoms with Crippen LogP contribution in [-0.4, -0.2) is 70.9 Å². The maximum absolute atomic E-state index is 11.6. The molecule has 10 nitrogen and oxygen atoms in total. The average molecular weight is 424 g/mol. The first-order valence-electron chi connectivity index (χ1n) is 9.10. The summed E-state index contributed by atoms with van der Waals surface area (Å²) in [5.41, 5.74) is -1.15. The maximum atomic E-state index is 11.6. The minimum atomic E-state index is -4.92. The fraction of sp³-hybridized carbons (Fsp3) is 0.882. The Morgan fingerprint density at radius 3 is 2.39 bits per heavy atom. The van der Waals surface area contributed by atoms with E-state index in [1.54, 1.807) is 20.8 Å². The Kier molecular flexibility index (Phi) is 7.22. The highest BCUT2D eigenvalue weighted by molar-refractivity contribution is 7.46. The zero-order valence-corrected chi connectivity index (χ0v) is 17.3. The molecule has 2 aliphatic rings. The van der Waals surface area contributed by atoms with Crippen molar-refractivity contribution in [3.8, 4) is 0 Å². The predicted molar refractivity (Wildman–Crippen MR) is 95.1 cm³/mol. The van der Waals surface area contributed by atoms with E-state index in [0.717, 1.165) is 0 Å². The van der Waals surface area contributed by atoms with Crippen molar-refractivity contribution < 1.29 is 47.8 Å². The Bertz CT molecular complexity index is 619. The average Bonchev–Trinajstić information content (AvgIpc) is 2.77. The van der Waals surface area contributed by atoms with Gasteiger partial charge in [-0.15, -0.1) is 0 Å². The van der Waals surface area contributed by atoms with Crippen LogP contribution in [0.5, 0.6) is 0 Å². The first-order valence-corrected chi connectivity index (χ1v) is 10.6. The van der Waals surface area contributed by atoms with Crippen LogP contribution in [0.3, 0.4) is 0 Å². The van der Waals surface area contributed by atoms with Gasteiger partial charge >= 0.3 is 7.82 Å². The van der Waals surface area contributed by atoms with Crippen LogP contribution in [0.15, 0.2) is 0 Å². The molecule has 0 saturated carbocycles. The molecule has 2 fully saturated rings. The van der Waals surface area contributed by atoms with Gasteiger partial charge in [0.25, 0.3) is 0 Å². The van der Waals surface area contributed by atoms with Crippen molar-refractivity contribution >= 4 is 20.4 Å². The van der Waals surface area contributed by atoms with Crippen molar-refractivity contribution in [1.82, 2.24) is 0 Å². The number of hydrogen-bond acceptors (Lipinski definition) is 8.